The average molecular weight is 547 g/mol. The molecule has 0 unspecified atom stereocenters. The predicted molar refractivity (Wildman–Crippen MR) is 146 cm³/mol. The van der Waals surface area contributed by atoms with Gasteiger partial charge in [-0.25, -0.2) is 13.6 Å². The van der Waals surface area contributed by atoms with E-state index in [-0.39, 0.29) is 30.3 Å². The summed E-state index contributed by atoms with van der Waals surface area (Å²) in [6, 6.07) is 7.93. The highest BCUT2D eigenvalue weighted by Crippen LogP contribution is 2.15. The molecule has 0 aromatic heterocycles. The van der Waals surface area contributed by atoms with Crippen molar-refractivity contribution in [1.82, 2.24) is 15.5 Å². The van der Waals surface area contributed by atoms with Crippen molar-refractivity contribution in [3.05, 3.63) is 70.8 Å². The molecule has 0 heterocycles. The topological polar surface area (TPSA) is 114 Å². The molecule has 39 heavy (non-hydrogen) atoms. The Bertz CT molecular complexity index is 1090. The van der Waals surface area contributed by atoms with Crippen LogP contribution in [0.3, 0.4) is 0 Å². The summed E-state index contributed by atoms with van der Waals surface area (Å²) in [7, 11) is 0. The van der Waals surface area contributed by atoms with Crippen LogP contribution < -0.4 is 16.4 Å². The van der Waals surface area contributed by atoms with Gasteiger partial charge in [-0.3, -0.25) is 9.59 Å². The number of hydrogen-bond acceptors (Lipinski definition) is 6. The van der Waals surface area contributed by atoms with E-state index in [4.69, 9.17) is 10.5 Å². The number of esters is 1. The first kappa shape index (κ1) is 31.8. The maximum atomic E-state index is 13.7. The van der Waals surface area contributed by atoms with Crippen molar-refractivity contribution >= 4 is 17.8 Å². The zero-order valence-corrected chi connectivity index (χ0v) is 23.1. The standard InChI is InChI=1S/C29H40F2N4O4/c1-5-11-35(12-6-2)28(37)21-9-8-10-22(16-21)29(38)39-26(18-34-19(4)27(36)33-7-3)25(32)15-20-13-23(30)17-24(31)14-20/h8-10,13-14,16-17,19,25-26,34H,5-7,11-12,15,18,32H2,1-4H3,(H,33,36)/t19-,25-,26+/m0/s1. The first-order valence-corrected chi connectivity index (χ1v) is 13.4. The van der Waals surface area contributed by atoms with Crippen molar-refractivity contribution in [3.63, 3.8) is 0 Å². The third-order valence-corrected chi connectivity index (χ3v) is 6.12. The number of ether oxygens (including phenoxy) is 1. The number of halogens is 2. The summed E-state index contributed by atoms with van der Waals surface area (Å²) in [6.07, 6.45) is 0.691. The normalized spacial score (nSPS) is 13.3. The number of nitrogens with two attached hydrogens (primary N) is 1. The fourth-order valence-corrected chi connectivity index (χ4v) is 4.15. The summed E-state index contributed by atoms with van der Waals surface area (Å²) in [5, 5.41) is 5.71. The second-order valence-electron chi connectivity index (χ2n) is 9.49. The van der Waals surface area contributed by atoms with Crippen molar-refractivity contribution in [2.24, 2.45) is 5.73 Å². The molecule has 0 bridgehead atoms. The first-order chi connectivity index (χ1) is 18.6. The molecule has 2 rings (SSSR count). The lowest BCUT2D eigenvalue weighted by molar-refractivity contribution is -0.122. The van der Waals surface area contributed by atoms with Gasteiger partial charge >= 0.3 is 5.97 Å². The van der Waals surface area contributed by atoms with Gasteiger partial charge in [0.25, 0.3) is 5.91 Å². The van der Waals surface area contributed by atoms with E-state index >= 15 is 0 Å². The summed E-state index contributed by atoms with van der Waals surface area (Å²) in [5.74, 6) is -2.60. The molecule has 4 N–H and O–H groups in total. The SMILES string of the molecule is CCCN(CCC)C(=O)c1cccc(C(=O)O[C@H](CN[C@@H](C)C(=O)NCC)[C@@H](N)Cc2cc(F)cc(F)c2)c1. The molecule has 0 saturated carbocycles. The van der Waals surface area contributed by atoms with E-state index in [1.165, 1.54) is 18.2 Å². The Kier molecular flexibility index (Phi) is 13.0. The quantitative estimate of drug-likeness (QED) is 0.295. The summed E-state index contributed by atoms with van der Waals surface area (Å²) in [4.78, 5) is 40.1. The summed E-state index contributed by atoms with van der Waals surface area (Å²) in [6.45, 7) is 9.12. The second kappa shape index (κ2) is 15.9. The van der Waals surface area contributed by atoms with Gasteiger partial charge in [-0.15, -0.1) is 0 Å². The minimum atomic E-state index is -0.947. The molecule has 0 aliphatic heterocycles. The van der Waals surface area contributed by atoms with Gasteiger partial charge in [0.2, 0.25) is 5.91 Å². The van der Waals surface area contributed by atoms with Gasteiger partial charge in [-0.05, 0) is 69.0 Å². The predicted octanol–water partition coefficient (Wildman–Crippen LogP) is 3.44. The molecular formula is C29H40F2N4O4. The van der Waals surface area contributed by atoms with Crippen LogP contribution >= 0.6 is 0 Å². The molecule has 2 aromatic carbocycles. The molecule has 214 valence electrons. The highest BCUT2D eigenvalue weighted by Gasteiger charge is 2.26. The van der Waals surface area contributed by atoms with Crippen LogP contribution in [0.25, 0.3) is 0 Å². The lowest BCUT2D eigenvalue weighted by atomic mass is 10.0. The number of rotatable bonds is 15. The molecule has 8 nitrogen and oxygen atoms in total. The minimum absolute atomic E-state index is 0.0163. The number of amides is 2. The Morgan fingerprint density at radius 2 is 1.59 bits per heavy atom. The van der Waals surface area contributed by atoms with Crippen molar-refractivity contribution in [2.75, 3.05) is 26.2 Å². The van der Waals surface area contributed by atoms with Crippen molar-refractivity contribution in [3.8, 4) is 0 Å². The van der Waals surface area contributed by atoms with Crippen LogP contribution in [-0.2, 0) is 16.0 Å². The van der Waals surface area contributed by atoms with E-state index in [2.05, 4.69) is 10.6 Å². The van der Waals surface area contributed by atoms with Crippen LogP contribution in [0.1, 0.15) is 66.8 Å². The van der Waals surface area contributed by atoms with Gasteiger partial charge in [0.15, 0.2) is 0 Å². The number of carbonyl (C=O) groups excluding carboxylic acids is 3. The summed E-state index contributed by atoms with van der Waals surface area (Å²) in [5.41, 5.74) is 7.19. The fourth-order valence-electron chi connectivity index (χ4n) is 4.15. The molecule has 2 amide bonds. The Labute approximate surface area is 229 Å². The van der Waals surface area contributed by atoms with E-state index < -0.39 is 35.8 Å². The van der Waals surface area contributed by atoms with E-state index in [1.54, 1.807) is 36.9 Å². The Morgan fingerprint density at radius 1 is 0.974 bits per heavy atom. The molecule has 10 heteroatoms. The number of nitrogens with one attached hydrogen (secondary N) is 2. The van der Waals surface area contributed by atoms with Crippen LogP contribution in [-0.4, -0.2) is 67.1 Å². The largest absolute Gasteiger partial charge is 0.456 e. The number of hydrogen-bond donors (Lipinski definition) is 3. The molecule has 0 radical (unpaired) electrons. The summed E-state index contributed by atoms with van der Waals surface area (Å²) < 4.78 is 33.2. The van der Waals surface area contributed by atoms with Crippen LogP contribution in [0.5, 0.6) is 0 Å². The molecule has 0 aliphatic carbocycles. The van der Waals surface area contributed by atoms with Gasteiger partial charge in [0, 0.05) is 43.9 Å². The molecule has 0 saturated heterocycles. The van der Waals surface area contributed by atoms with Gasteiger partial charge in [0.1, 0.15) is 17.7 Å². The van der Waals surface area contributed by atoms with Gasteiger partial charge < -0.3 is 26.0 Å². The van der Waals surface area contributed by atoms with Gasteiger partial charge in [-0.1, -0.05) is 19.9 Å². The average Bonchev–Trinajstić information content (AvgIpc) is 2.89. The van der Waals surface area contributed by atoms with E-state index in [1.807, 2.05) is 13.8 Å². The molecule has 0 aliphatic rings. The zero-order valence-electron chi connectivity index (χ0n) is 23.1. The van der Waals surface area contributed by atoms with Crippen LogP contribution in [0.4, 0.5) is 8.78 Å². The van der Waals surface area contributed by atoms with E-state index in [9.17, 15) is 23.2 Å². The maximum absolute atomic E-state index is 13.7. The minimum Gasteiger partial charge on any atom is -0.456 e. The number of nitrogens with zero attached hydrogens (tertiary/aromatic N) is 1. The third kappa shape index (κ3) is 10.0. The molecule has 2 aromatic rings. The van der Waals surface area contributed by atoms with E-state index in [0.29, 0.717) is 30.8 Å². The zero-order chi connectivity index (χ0) is 28.9. The Balaban J connectivity index is 2.24. The molecule has 0 spiro atoms. The molecule has 3 atom stereocenters. The third-order valence-electron chi connectivity index (χ3n) is 6.12. The highest BCUT2D eigenvalue weighted by molar-refractivity contribution is 5.98. The van der Waals surface area contributed by atoms with Crippen molar-refractivity contribution in [1.29, 1.82) is 0 Å². The maximum Gasteiger partial charge on any atom is 0.338 e. The van der Waals surface area contributed by atoms with Crippen molar-refractivity contribution < 1.29 is 27.9 Å². The Morgan fingerprint density at radius 3 is 2.18 bits per heavy atom. The number of likely N-dealkylation sites (N-methyl/N-ethyl adjacent to an activating group) is 1. The Hall–Kier alpha value is -3.37. The van der Waals surface area contributed by atoms with Gasteiger partial charge in [0.05, 0.1) is 11.6 Å². The first-order valence-electron chi connectivity index (χ1n) is 13.4. The molecular weight excluding hydrogens is 506 g/mol. The van der Waals surface area contributed by atoms with Gasteiger partial charge in [-0.2, -0.15) is 0 Å². The number of carbonyl (C=O) groups is 3. The monoisotopic (exact) mass is 546 g/mol. The summed E-state index contributed by atoms with van der Waals surface area (Å²) >= 11 is 0. The smallest absolute Gasteiger partial charge is 0.338 e. The van der Waals surface area contributed by atoms with Crippen LogP contribution in [0, 0.1) is 11.6 Å². The van der Waals surface area contributed by atoms with E-state index in [0.717, 1.165) is 18.9 Å². The second-order valence-corrected chi connectivity index (χ2v) is 9.49. The number of benzene rings is 2. The lowest BCUT2D eigenvalue weighted by Crippen LogP contribution is -2.50. The highest BCUT2D eigenvalue weighted by atomic mass is 19.1. The molecule has 0 fully saturated rings. The van der Waals surface area contributed by atoms with Crippen LogP contribution in [0.15, 0.2) is 42.5 Å². The van der Waals surface area contributed by atoms with Crippen molar-refractivity contribution in [2.45, 2.75) is 65.1 Å². The fraction of sp³-hybridized carbons (Fsp3) is 0.483. The lowest BCUT2D eigenvalue weighted by Gasteiger charge is -2.26. The van der Waals surface area contributed by atoms with Crippen LogP contribution in [0.2, 0.25) is 0 Å².